The number of pyridine rings is 2. The van der Waals surface area contributed by atoms with E-state index in [1.54, 1.807) is 0 Å². The third-order valence-corrected chi connectivity index (χ3v) is 11.4. The highest BCUT2D eigenvalue weighted by Gasteiger charge is 2.23. The van der Waals surface area contributed by atoms with Crippen molar-refractivity contribution in [3.05, 3.63) is 121 Å². The Labute approximate surface area is 364 Å². The van der Waals surface area contributed by atoms with E-state index in [4.69, 9.17) is 32.4 Å². The molecule has 0 aliphatic heterocycles. The molecule has 8 rings (SSSR count). The Bertz CT molecular complexity index is 2600. The number of benzene rings is 6. The van der Waals surface area contributed by atoms with E-state index in [0.29, 0.717) is 13.2 Å². The van der Waals surface area contributed by atoms with Crippen molar-refractivity contribution in [1.82, 2.24) is 0 Å². The molecule has 310 valence electrons. The van der Waals surface area contributed by atoms with Gasteiger partial charge >= 0.3 is 0 Å². The van der Waals surface area contributed by atoms with E-state index < -0.39 is 0 Å². The van der Waals surface area contributed by atoms with Crippen LogP contribution in [0, 0.1) is 0 Å². The molecule has 0 spiro atoms. The maximum Gasteiger partial charge on any atom is 0.220 e. The highest BCUT2D eigenvalue weighted by Crippen LogP contribution is 2.36. The number of ether oxygens (including phenoxy) is 2. The first-order chi connectivity index (χ1) is 28.2. The van der Waals surface area contributed by atoms with Crippen LogP contribution in [0.15, 0.2) is 121 Å². The van der Waals surface area contributed by atoms with Crippen LogP contribution in [0.4, 0.5) is 22.7 Å². The van der Waals surface area contributed by atoms with E-state index in [-0.39, 0.29) is 24.8 Å². The zero-order valence-electron chi connectivity index (χ0n) is 34.4. The van der Waals surface area contributed by atoms with Gasteiger partial charge in [-0.2, -0.15) is 9.13 Å². The third-order valence-electron chi connectivity index (χ3n) is 11.4. The lowest BCUT2D eigenvalue weighted by Crippen LogP contribution is -3.00. The van der Waals surface area contributed by atoms with E-state index in [9.17, 15) is 0 Å². The summed E-state index contributed by atoms with van der Waals surface area (Å²) in [6, 6.07) is 41.2. The molecule has 0 aliphatic rings. The molecule has 0 aliphatic carbocycles. The lowest BCUT2D eigenvalue weighted by molar-refractivity contribution is -0.632. The van der Waals surface area contributed by atoms with Crippen LogP contribution in [-0.4, -0.2) is 13.2 Å². The fourth-order valence-electron chi connectivity index (χ4n) is 8.50. The predicted molar refractivity (Wildman–Crippen MR) is 242 cm³/mol. The molecule has 60 heavy (non-hydrogen) atoms. The summed E-state index contributed by atoms with van der Waals surface area (Å²) in [7, 11) is 4.18. The van der Waals surface area contributed by atoms with Crippen molar-refractivity contribution in [2.45, 2.75) is 51.4 Å². The minimum absolute atomic E-state index is 0. The lowest BCUT2D eigenvalue weighted by Gasteiger charge is -2.12. The Hall–Kier alpha value is -5.96. The van der Waals surface area contributed by atoms with Gasteiger partial charge in [0.2, 0.25) is 22.4 Å². The SMILES string of the molecule is C[n+]1c(-c2cccc(OCCCCCCCCCCOc3cccc(-c4c5cc(N)ccc5c5ccc(N)cc5[n+]4C)c3)c2)c2cc(N)ccc2c2ccc(N)cc21.[Cl-].[Cl-]. The molecule has 0 amide bonds. The summed E-state index contributed by atoms with van der Waals surface area (Å²) in [5, 5.41) is 6.81. The number of anilines is 4. The van der Waals surface area contributed by atoms with Crippen molar-refractivity contribution < 1.29 is 43.4 Å². The molecule has 10 heteroatoms. The normalized spacial score (nSPS) is 11.2. The second-order valence-electron chi connectivity index (χ2n) is 15.6. The molecule has 8 aromatic rings. The summed E-state index contributed by atoms with van der Waals surface area (Å²) < 4.78 is 16.9. The van der Waals surface area contributed by atoms with Crippen molar-refractivity contribution in [1.29, 1.82) is 0 Å². The number of nitrogen functional groups attached to an aromatic ring is 4. The number of aromatic nitrogens is 2. The first-order valence-electron chi connectivity index (χ1n) is 20.5. The van der Waals surface area contributed by atoms with E-state index in [0.717, 1.165) is 126 Å². The molecule has 8 N–H and O–H groups in total. The summed E-state index contributed by atoms with van der Waals surface area (Å²) in [5.41, 5.74) is 34.4. The highest BCUT2D eigenvalue weighted by atomic mass is 35.5. The van der Waals surface area contributed by atoms with Crippen molar-refractivity contribution in [3.8, 4) is 34.0 Å². The van der Waals surface area contributed by atoms with Gasteiger partial charge in [-0.05, 0) is 97.8 Å². The maximum atomic E-state index is 6.28. The Morgan fingerprint density at radius 1 is 0.383 bits per heavy atom. The number of rotatable bonds is 15. The number of nitrogens with zero attached hydrogens (tertiary/aromatic N) is 2. The number of hydrogen-bond acceptors (Lipinski definition) is 6. The van der Waals surface area contributed by atoms with Crippen LogP contribution in [0.5, 0.6) is 11.5 Å². The number of hydrogen-bond donors (Lipinski definition) is 4. The van der Waals surface area contributed by atoms with E-state index in [2.05, 4.69) is 96.0 Å². The molecule has 0 unspecified atom stereocenters. The number of aryl methyl sites for hydroxylation is 2. The lowest BCUT2D eigenvalue weighted by atomic mass is 9.98. The summed E-state index contributed by atoms with van der Waals surface area (Å²) >= 11 is 0. The summed E-state index contributed by atoms with van der Waals surface area (Å²) in [5.74, 6) is 1.76. The molecule has 0 fully saturated rings. The molecular formula is C50H54Cl2N6O2. The van der Waals surface area contributed by atoms with Crippen molar-refractivity contribution in [3.63, 3.8) is 0 Å². The van der Waals surface area contributed by atoms with Crippen molar-refractivity contribution >= 4 is 66.1 Å². The third kappa shape index (κ3) is 9.25. The molecule has 0 bridgehead atoms. The van der Waals surface area contributed by atoms with Gasteiger partial charge in [-0.1, -0.05) is 62.8 Å². The second kappa shape index (κ2) is 19.4. The van der Waals surface area contributed by atoms with Gasteiger partial charge in [0, 0.05) is 45.7 Å². The van der Waals surface area contributed by atoms with Gasteiger partial charge in [0.1, 0.15) is 25.6 Å². The molecule has 2 aromatic heterocycles. The van der Waals surface area contributed by atoms with Gasteiger partial charge in [0.25, 0.3) is 0 Å². The summed E-state index contributed by atoms with van der Waals surface area (Å²) in [4.78, 5) is 0. The first kappa shape index (κ1) is 43.6. The van der Waals surface area contributed by atoms with Crippen LogP contribution in [0.25, 0.3) is 65.9 Å². The largest absolute Gasteiger partial charge is 1.00 e. The van der Waals surface area contributed by atoms with Crippen LogP contribution < -0.4 is 66.4 Å². The smallest absolute Gasteiger partial charge is 0.220 e. The van der Waals surface area contributed by atoms with Crippen molar-refractivity contribution in [2.75, 3.05) is 36.1 Å². The van der Waals surface area contributed by atoms with E-state index in [1.807, 2.05) is 48.5 Å². The molecule has 0 atom stereocenters. The fourth-order valence-corrected chi connectivity index (χ4v) is 8.50. The van der Waals surface area contributed by atoms with Gasteiger partial charge in [-0.25, -0.2) is 0 Å². The summed E-state index contributed by atoms with van der Waals surface area (Å²) in [6.07, 6.45) is 9.31. The van der Waals surface area contributed by atoms with Crippen LogP contribution in [0.1, 0.15) is 51.4 Å². The molecular weight excluding hydrogens is 787 g/mol. The predicted octanol–water partition coefficient (Wildman–Crippen LogP) is 4.20. The van der Waals surface area contributed by atoms with Gasteiger partial charge < -0.3 is 57.2 Å². The number of halogens is 2. The summed E-state index contributed by atoms with van der Waals surface area (Å²) in [6.45, 7) is 1.40. The number of nitrogens with two attached hydrogens (primary N) is 4. The van der Waals surface area contributed by atoms with E-state index in [1.165, 1.54) is 25.7 Å². The fraction of sp³-hybridized carbons (Fsp3) is 0.240. The van der Waals surface area contributed by atoms with Gasteiger partial charge in [-0.15, -0.1) is 0 Å². The van der Waals surface area contributed by atoms with Gasteiger partial charge in [0.05, 0.1) is 45.9 Å². The zero-order chi connectivity index (χ0) is 40.2. The standard InChI is InChI=1S/C50H52N6O2.2ClH/c1-55-47-31-37(53)19-23-43(47)41-21-17-35(51)29-45(41)49(55)33-13-11-15-39(27-33)57-25-9-7-5-3-4-6-8-10-26-58-40-16-12-14-34(28-40)50-46-30-36(52)18-22-42(46)44-24-20-38(54)32-48(44)56(50)2;;/h11-24,27-32,53-54H,3-10,25-26,51-52H2,1-2H3;2*1H. The monoisotopic (exact) mass is 840 g/mol. The maximum absolute atomic E-state index is 6.28. The van der Waals surface area contributed by atoms with Crippen LogP contribution in [-0.2, 0) is 14.1 Å². The molecule has 0 radical (unpaired) electrons. The topological polar surface area (TPSA) is 130 Å². The highest BCUT2D eigenvalue weighted by molar-refractivity contribution is 6.11. The van der Waals surface area contributed by atoms with E-state index >= 15 is 0 Å². The van der Waals surface area contributed by atoms with Crippen LogP contribution in [0.3, 0.4) is 0 Å². The van der Waals surface area contributed by atoms with Crippen molar-refractivity contribution in [2.24, 2.45) is 14.1 Å². The minimum Gasteiger partial charge on any atom is -1.00 e. The Morgan fingerprint density at radius 3 is 1.13 bits per heavy atom. The quantitative estimate of drug-likeness (QED) is 0.0531. The van der Waals surface area contributed by atoms with Gasteiger partial charge in [0.15, 0.2) is 0 Å². The molecule has 2 heterocycles. The average molecular weight is 842 g/mol. The average Bonchev–Trinajstić information content (AvgIpc) is 3.22. The molecule has 0 saturated carbocycles. The molecule has 0 saturated heterocycles. The van der Waals surface area contributed by atoms with Gasteiger partial charge in [-0.3, -0.25) is 0 Å². The van der Waals surface area contributed by atoms with Crippen LogP contribution >= 0.6 is 0 Å². The number of fused-ring (bicyclic) bond motifs is 6. The number of unbranched alkanes of at least 4 members (excludes halogenated alkanes) is 7. The Morgan fingerprint density at radius 2 is 0.733 bits per heavy atom. The first-order valence-corrected chi connectivity index (χ1v) is 20.5. The molecule has 6 aromatic carbocycles. The Kier molecular flexibility index (Phi) is 14.1. The van der Waals surface area contributed by atoms with Crippen LogP contribution in [0.2, 0.25) is 0 Å². The Balaban J connectivity index is 0.00000302. The molecule has 8 nitrogen and oxygen atoms in total. The zero-order valence-corrected chi connectivity index (χ0v) is 35.9. The minimum atomic E-state index is 0. The second-order valence-corrected chi connectivity index (χ2v) is 15.6.